The number of benzene rings is 2. The first kappa shape index (κ1) is 26.4. The van der Waals surface area contributed by atoms with Crippen LogP contribution in [0.15, 0.2) is 64.6 Å². The molecule has 34 heavy (non-hydrogen) atoms. The third-order valence-corrected chi connectivity index (χ3v) is 8.73. The number of nitrogens with zero attached hydrogens (tertiary/aromatic N) is 1. The molecule has 2 aromatic carbocycles. The van der Waals surface area contributed by atoms with Crippen LogP contribution in [-0.2, 0) is 20.3 Å². The van der Waals surface area contributed by atoms with Gasteiger partial charge in [0.1, 0.15) is 5.75 Å². The van der Waals surface area contributed by atoms with Gasteiger partial charge in [-0.3, -0.25) is 4.21 Å². The molecule has 2 unspecified atom stereocenters. The molecule has 3 rings (SSSR count). The van der Waals surface area contributed by atoms with E-state index in [1.54, 1.807) is 18.7 Å². The molecule has 0 N–H and O–H groups in total. The third-order valence-electron chi connectivity index (χ3n) is 6.28. The average Bonchev–Trinajstić information content (AvgIpc) is 2.97. The number of unbranched alkanes of at least 4 members (excludes halogenated alkanes) is 1. The maximum atomic E-state index is 13.8. The number of carbonyl (C=O) groups excluding carboxylic acids is 1. The molecule has 0 aromatic heterocycles. The number of para-hydroxylation sites is 1. The molecule has 0 saturated heterocycles. The Morgan fingerprint density at radius 2 is 1.97 bits per heavy atom. The van der Waals surface area contributed by atoms with Crippen molar-refractivity contribution in [2.24, 2.45) is 5.41 Å². The largest absolute Gasteiger partial charge is 0.464 e. The van der Waals surface area contributed by atoms with Gasteiger partial charge in [0.05, 0.1) is 45.2 Å². The lowest BCUT2D eigenvalue weighted by atomic mass is 9.81. The summed E-state index contributed by atoms with van der Waals surface area (Å²) in [6, 6.07) is 14.3. The maximum absolute atomic E-state index is 13.8. The van der Waals surface area contributed by atoms with Gasteiger partial charge >= 0.3 is 5.97 Å². The highest BCUT2D eigenvalue weighted by Crippen LogP contribution is 2.46. The standard InChI is InChI=1S/C27H35NO4S2/c1-5-8-15-27(6-2)19-28(21-12-10-9-11-13-21)22-17-24(33-4)23(18-25(22)34(30)20-27)32-16-14-26(29)31-7-3/h9-14,16-18H,5-8,15,19-20H2,1-4H3/b16-14+. The highest BCUT2D eigenvalue weighted by Gasteiger charge is 2.38. The van der Waals surface area contributed by atoms with Crippen LogP contribution < -0.4 is 9.64 Å². The number of carbonyl (C=O) groups is 1. The van der Waals surface area contributed by atoms with Crippen LogP contribution >= 0.6 is 11.8 Å². The summed E-state index contributed by atoms with van der Waals surface area (Å²) in [6.07, 6.45) is 8.84. The van der Waals surface area contributed by atoms with Crippen molar-refractivity contribution in [1.82, 2.24) is 0 Å². The topological polar surface area (TPSA) is 55.8 Å². The van der Waals surface area contributed by atoms with E-state index in [1.165, 1.54) is 12.3 Å². The van der Waals surface area contributed by atoms with Crippen LogP contribution in [0.5, 0.6) is 5.75 Å². The van der Waals surface area contributed by atoms with Gasteiger partial charge in [-0.15, -0.1) is 11.8 Å². The Labute approximate surface area is 210 Å². The highest BCUT2D eigenvalue weighted by atomic mass is 32.2. The van der Waals surface area contributed by atoms with Gasteiger partial charge in [0.15, 0.2) is 0 Å². The molecule has 2 atom stereocenters. The summed E-state index contributed by atoms with van der Waals surface area (Å²) in [5, 5.41) is 0. The second kappa shape index (κ2) is 12.5. The Kier molecular flexibility index (Phi) is 9.65. The molecule has 1 aliphatic rings. The summed E-state index contributed by atoms with van der Waals surface area (Å²) in [5.41, 5.74) is 2.02. The third kappa shape index (κ3) is 6.25. The molecule has 0 radical (unpaired) electrons. The smallest absolute Gasteiger partial charge is 0.333 e. The normalized spacial score (nSPS) is 20.1. The molecule has 0 saturated carbocycles. The van der Waals surface area contributed by atoms with Gasteiger partial charge in [0, 0.05) is 24.1 Å². The number of hydrogen-bond acceptors (Lipinski definition) is 6. The molecular weight excluding hydrogens is 466 g/mol. The Bertz CT molecular complexity index is 1020. The van der Waals surface area contributed by atoms with E-state index >= 15 is 0 Å². The fraction of sp³-hybridized carbons (Fsp3) is 0.444. The van der Waals surface area contributed by atoms with Gasteiger partial charge < -0.3 is 14.4 Å². The number of ether oxygens (including phenoxy) is 2. The molecule has 0 aliphatic carbocycles. The molecule has 5 nitrogen and oxygen atoms in total. The van der Waals surface area contributed by atoms with Crippen LogP contribution in [0.4, 0.5) is 11.4 Å². The summed E-state index contributed by atoms with van der Waals surface area (Å²) in [5.74, 6) is 0.757. The van der Waals surface area contributed by atoms with E-state index in [0.717, 1.165) is 53.4 Å². The molecule has 1 aliphatic heterocycles. The van der Waals surface area contributed by atoms with Crippen LogP contribution in [0.1, 0.15) is 46.5 Å². The first-order valence-corrected chi connectivity index (χ1v) is 14.4. The zero-order valence-electron chi connectivity index (χ0n) is 20.5. The zero-order chi connectivity index (χ0) is 24.6. The highest BCUT2D eigenvalue weighted by molar-refractivity contribution is 7.98. The number of rotatable bonds is 10. The lowest BCUT2D eigenvalue weighted by Crippen LogP contribution is -2.37. The Balaban J connectivity index is 2.08. The predicted octanol–water partition coefficient (Wildman–Crippen LogP) is 6.71. The van der Waals surface area contributed by atoms with Crippen molar-refractivity contribution < 1.29 is 18.5 Å². The number of fused-ring (bicyclic) bond motifs is 1. The second-order valence-corrected chi connectivity index (χ2v) is 10.8. The molecule has 184 valence electrons. The molecular formula is C27H35NO4S2. The summed E-state index contributed by atoms with van der Waals surface area (Å²) in [4.78, 5) is 15.7. The van der Waals surface area contributed by atoms with Gasteiger partial charge in [-0.1, -0.05) is 44.9 Å². The molecule has 0 spiro atoms. The number of esters is 1. The van der Waals surface area contributed by atoms with Crippen molar-refractivity contribution in [2.75, 3.05) is 30.1 Å². The van der Waals surface area contributed by atoms with Crippen molar-refractivity contribution in [3.63, 3.8) is 0 Å². The molecule has 1 heterocycles. The van der Waals surface area contributed by atoms with E-state index in [-0.39, 0.29) is 5.41 Å². The Morgan fingerprint density at radius 3 is 2.62 bits per heavy atom. The van der Waals surface area contributed by atoms with Crippen LogP contribution in [0.25, 0.3) is 0 Å². The van der Waals surface area contributed by atoms with E-state index < -0.39 is 16.8 Å². The van der Waals surface area contributed by atoms with Gasteiger partial charge in [-0.2, -0.15) is 0 Å². The Morgan fingerprint density at radius 1 is 1.21 bits per heavy atom. The minimum Gasteiger partial charge on any atom is -0.464 e. The van der Waals surface area contributed by atoms with Gasteiger partial charge in [0.25, 0.3) is 0 Å². The van der Waals surface area contributed by atoms with Gasteiger partial charge in [0.2, 0.25) is 0 Å². The van der Waals surface area contributed by atoms with E-state index in [9.17, 15) is 9.00 Å². The lowest BCUT2D eigenvalue weighted by Gasteiger charge is -2.36. The first-order chi connectivity index (χ1) is 16.5. The molecule has 0 amide bonds. The van der Waals surface area contributed by atoms with Crippen LogP contribution in [-0.4, -0.2) is 35.3 Å². The van der Waals surface area contributed by atoms with Crippen molar-refractivity contribution >= 4 is 39.9 Å². The fourth-order valence-corrected chi connectivity index (χ4v) is 6.61. The summed E-state index contributed by atoms with van der Waals surface area (Å²) < 4.78 is 24.5. The van der Waals surface area contributed by atoms with Crippen molar-refractivity contribution in [3.05, 3.63) is 54.8 Å². The molecule has 0 fully saturated rings. The quantitative estimate of drug-likeness (QED) is 0.156. The number of thioether (sulfide) groups is 1. The lowest BCUT2D eigenvalue weighted by molar-refractivity contribution is -0.137. The van der Waals surface area contributed by atoms with E-state index in [2.05, 4.69) is 36.9 Å². The monoisotopic (exact) mass is 501 g/mol. The van der Waals surface area contributed by atoms with Crippen molar-refractivity contribution in [1.29, 1.82) is 0 Å². The first-order valence-electron chi connectivity index (χ1n) is 11.9. The summed E-state index contributed by atoms with van der Waals surface area (Å²) in [7, 11) is -1.18. The minimum absolute atomic E-state index is 0.0416. The van der Waals surface area contributed by atoms with Crippen LogP contribution in [0, 0.1) is 5.41 Å². The summed E-state index contributed by atoms with van der Waals surface area (Å²) in [6.45, 7) is 7.31. The van der Waals surface area contributed by atoms with E-state index in [4.69, 9.17) is 9.47 Å². The molecule has 0 bridgehead atoms. The molecule has 7 heteroatoms. The van der Waals surface area contributed by atoms with Gasteiger partial charge in [-0.25, -0.2) is 4.79 Å². The molecule has 2 aromatic rings. The van der Waals surface area contributed by atoms with Crippen LogP contribution in [0.3, 0.4) is 0 Å². The van der Waals surface area contributed by atoms with E-state index in [1.807, 2.05) is 30.5 Å². The number of hydrogen-bond donors (Lipinski definition) is 0. The van der Waals surface area contributed by atoms with Crippen LogP contribution in [0.2, 0.25) is 0 Å². The second-order valence-electron chi connectivity index (χ2n) is 8.51. The van der Waals surface area contributed by atoms with Gasteiger partial charge in [-0.05, 0) is 49.6 Å². The summed E-state index contributed by atoms with van der Waals surface area (Å²) >= 11 is 1.56. The van der Waals surface area contributed by atoms with Crippen molar-refractivity contribution in [3.8, 4) is 5.75 Å². The predicted molar refractivity (Wildman–Crippen MR) is 142 cm³/mol. The number of anilines is 2. The zero-order valence-corrected chi connectivity index (χ0v) is 22.2. The minimum atomic E-state index is -1.18. The maximum Gasteiger partial charge on any atom is 0.333 e. The van der Waals surface area contributed by atoms with Crippen molar-refractivity contribution in [2.45, 2.75) is 56.2 Å². The SMILES string of the molecule is CCCCC1(CC)CN(c2ccccc2)c2cc(SC)c(O/C=C/C(=O)OCC)cc2S(=O)C1. The van der Waals surface area contributed by atoms with E-state index in [0.29, 0.717) is 18.1 Å². The average molecular weight is 502 g/mol. The fourth-order valence-electron chi connectivity index (χ4n) is 4.28. The Hall–Kier alpha value is -2.25.